The van der Waals surface area contributed by atoms with Crippen LogP contribution in [0.2, 0.25) is 0 Å². The van der Waals surface area contributed by atoms with Crippen molar-refractivity contribution in [1.29, 1.82) is 0 Å². The van der Waals surface area contributed by atoms with Gasteiger partial charge in [-0.05, 0) is 122 Å². The summed E-state index contributed by atoms with van der Waals surface area (Å²) in [7, 11) is 0. The molecule has 1 aliphatic carbocycles. The summed E-state index contributed by atoms with van der Waals surface area (Å²) in [5.74, 6) is -7.56. The van der Waals surface area contributed by atoms with E-state index < -0.39 is 35.5 Å². The molecule has 4 N–H and O–H groups in total. The summed E-state index contributed by atoms with van der Waals surface area (Å²) in [4.78, 5) is 86.0. The van der Waals surface area contributed by atoms with Crippen LogP contribution in [0.15, 0.2) is 97.1 Å². The molecular formula is C52H58F4N6O6. The fourth-order valence-corrected chi connectivity index (χ4v) is 9.58. The molecule has 3 aliphatic rings. The maximum absolute atomic E-state index is 14.1. The van der Waals surface area contributed by atoms with Gasteiger partial charge in [0.25, 0.3) is 0 Å². The van der Waals surface area contributed by atoms with Crippen LogP contribution in [-0.4, -0.2) is 97.6 Å². The Morgan fingerprint density at radius 3 is 0.779 bits per heavy atom. The molecule has 2 saturated heterocycles. The highest BCUT2D eigenvalue weighted by atomic mass is 19.1. The third-order valence-corrected chi connectivity index (χ3v) is 13.5. The van der Waals surface area contributed by atoms with E-state index in [-0.39, 0.29) is 111 Å². The largest absolute Gasteiger partial charge is 0.355 e. The Labute approximate surface area is 393 Å². The van der Waals surface area contributed by atoms with Gasteiger partial charge in [0.15, 0.2) is 0 Å². The summed E-state index contributed by atoms with van der Waals surface area (Å²) >= 11 is 0. The highest BCUT2D eigenvalue weighted by molar-refractivity contribution is 5.92. The fraction of sp³-hybridized carbons (Fsp3) is 0.423. The number of nitrogens with zero attached hydrogens (tertiary/aromatic N) is 2. The molecule has 2 aliphatic heterocycles. The van der Waals surface area contributed by atoms with Crippen LogP contribution in [0.4, 0.5) is 17.6 Å². The number of nitrogens with one attached hydrogen (secondary N) is 4. The van der Waals surface area contributed by atoms with Crippen molar-refractivity contribution in [3.63, 3.8) is 0 Å². The topological polar surface area (TPSA) is 157 Å². The molecule has 4 aromatic carbocycles. The van der Waals surface area contributed by atoms with Gasteiger partial charge < -0.3 is 31.1 Å². The first-order chi connectivity index (χ1) is 32.8. The molecule has 0 unspecified atom stereocenters. The Morgan fingerprint density at radius 1 is 0.368 bits per heavy atom. The van der Waals surface area contributed by atoms with Crippen molar-refractivity contribution in [2.45, 2.75) is 51.4 Å². The molecule has 4 aromatic rings. The van der Waals surface area contributed by atoms with E-state index in [9.17, 15) is 46.3 Å². The summed E-state index contributed by atoms with van der Waals surface area (Å²) in [6.45, 7) is 1.11. The molecule has 3 fully saturated rings. The molecule has 0 radical (unpaired) electrons. The molecule has 7 rings (SSSR count). The van der Waals surface area contributed by atoms with Gasteiger partial charge in [0, 0.05) is 64.2 Å². The minimum Gasteiger partial charge on any atom is -0.355 e. The Bertz CT molecular complexity index is 2070. The summed E-state index contributed by atoms with van der Waals surface area (Å²) in [6.07, 6.45) is 3.33. The molecule has 0 spiro atoms. The SMILES string of the molecule is O=C(NCCc1ccc(F)cc1)[C@@H]1CN(C(=O)C2CCC(C(=O)N3C[C@@H](C(=O)NCCc4ccc(F)cc4)[C@H](C(=O)NCCc4ccc(F)cc4)C3)CC2)C[C@H]1C(=O)NCCc1ccc(F)cc1. The van der Waals surface area contributed by atoms with Crippen molar-refractivity contribution in [2.24, 2.45) is 35.5 Å². The van der Waals surface area contributed by atoms with Gasteiger partial charge in [-0.3, -0.25) is 28.8 Å². The van der Waals surface area contributed by atoms with Crippen LogP contribution >= 0.6 is 0 Å². The number of amides is 6. The third kappa shape index (κ3) is 13.3. The Kier molecular flexibility index (Phi) is 17.0. The van der Waals surface area contributed by atoms with Gasteiger partial charge in [0.05, 0.1) is 23.7 Å². The molecule has 16 heteroatoms. The minimum absolute atomic E-state index is 0.0323. The molecule has 0 aromatic heterocycles. The number of hydrogen-bond donors (Lipinski definition) is 4. The van der Waals surface area contributed by atoms with E-state index in [2.05, 4.69) is 21.3 Å². The first kappa shape index (κ1) is 49.3. The van der Waals surface area contributed by atoms with E-state index in [1.165, 1.54) is 48.5 Å². The van der Waals surface area contributed by atoms with Crippen LogP contribution < -0.4 is 21.3 Å². The lowest BCUT2D eigenvalue weighted by molar-refractivity contribution is -0.141. The predicted octanol–water partition coefficient (Wildman–Crippen LogP) is 4.93. The number of carbonyl (C=O) groups excluding carboxylic acids is 6. The van der Waals surface area contributed by atoms with Gasteiger partial charge in [0.1, 0.15) is 23.3 Å². The van der Waals surface area contributed by atoms with Crippen LogP contribution in [0, 0.1) is 58.8 Å². The monoisotopic (exact) mass is 938 g/mol. The van der Waals surface area contributed by atoms with E-state index in [4.69, 9.17) is 0 Å². The predicted molar refractivity (Wildman–Crippen MR) is 245 cm³/mol. The number of benzene rings is 4. The van der Waals surface area contributed by atoms with Crippen LogP contribution in [0.3, 0.4) is 0 Å². The molecule has 12 nitrogen and oxygen atoms in total. The van der Waals surface area contributed by atoms with Crippen LogP contribution in [0.25, 0.3) is 0 Å². The quantitative estimate of drug-likeness (QED) is 0.104. The van der Waals surface area contributed by atoms with Crippen LogP contribution in [0.5, 0.6) is 0 Å². The van der Waals surface area contributed by atoms with E-state index in [0.717, 1.165) is 22.3 Å². The van der Waals surface area contributed by atoms with Crippen LogP contribution in [0.1, 0.15) is 47.9 Å². The smallest absolute Gasteiger partial charge is 0.225 e. The molecule has 68 heavy (non-hydrogen) atoms. The number of halogens is 4. The maximum Gasteiger partial charge on any atom is 0.225 e. The average molecular weight is 939 g/mol. The van der Waals surface area contributed by atoms with Crippen molar-refractivity contribution in [1.82, 2.24) is 31.1 Å². The Hall–Kier alpha value is -6.58. The van der Waals surface area contributed by atoms with Gasteiger partial charge in [0.2, 0.25) is 35.4 Å². The van der Waals surface area contributed by atoms with Crippen molar-refractivity contribution in [2.75, 3.05) is 52.4 Å². The normalized spacial score (nSPS) is 21.2. The Balaban J connectivity index is 0.943. The lowest BCUT2D eigenvalue weighted by Crippen LogP contribution is -2.42. The molecule has 2 heterocycles. The van der Waals surface area contributed by atoms with Gasteiger partial charge in [-0.1, -0.05) is 48.5 Å². The van der Waals surface area contributed by atoms with E-state index in [0.29, 0.717) is 51.4 Å². The second kappa shape index (κ2) is 23.4. The van der Waals surface area contributed by atoms with Crippen molar-refractivity contribution in [3.05, 3.63) is 143 Å². The number of carbonyl (C=O) groups is 6. The first-order valence-corrected chi connectivity index (χ1v) is 23.5. The van der Waals surface area contributed by atoms with Gasteiger partial charge in [-0.2, -0.15) is 0 Å². The van der Waals surface area contributed by atoms with Crippen LogP contribution in [-0.2, 0) is 54.5 Å². The zero-order valence-electron chi connectivity index (χ0n) is 37.9. The second-order valence-corrected chi connectivity index (χ2v) is 18.1. The zero-order valence-corrected chi connectivity index (χ0v) is 37.9. The zero-order chi connectivity index (χ0) is 48.2. The average Bonchev–Trinajstić information content (AvgIpc) is 4.01. The van der Waals surface area contributed by atoms with E-state index >= 15 is 0 Å². The molecule has 4 atom stereocenters. The van der Waals surface area contributed by atoms with Gasteiger partial charge in [-0.15, -0.1) is 0 Å². The summed E-state index contributed by atoms with van der Waals surface area (Å²) < 4.78 is 53.7. The van der Waals surface area contributed by atoms with Crippen molar-refractivity contribution in [3.8, 4) is 0 Å². The molecule has 360 valence electrons. The Morgan fingerprint density at radius 2 is 0.574 bits per heavy atom. The van der Waals surface area contributed by atoms with Gasteiger partial charge >= 0.3 is 0 Å². The fourth-order valence-electron chi connectivity index (χ4n) is 9.58. The minimum atomic E-state index is -0.827. The third-order valence-electron chi connectivity index (χ3n) is 13.5. The second-order valence-electron chi connectivity index (χ2n) is 18.1. The lowest BCUT2D eigenvalue weighted by Gasteiger charge is -2.32. The standard InChI is InChI=1S/C52H58F4N6O6/c53-39-13-1-33(2-14-39)21-25-57-47(63)43-29-61(30-44(43)48(64)58-26-22-34-3-15-40(54)16-4-34)51(67)37-9-11-38(12-10-37)52(68)62-31-45(49(65)59-27-23-35-5-17-41(55)18-6-35)46(32-62)50(66)60-28-24-36-7-19-42(56)20-8-36/h1-8,13-20,37-38,43-46H,9-12,21-32H2,(H,57,63)(H,58,64)(H,59,65)(H,60,66)/t37?,38?,43-,44-,45-,46-/m1/s1. The molecular weight excluding hydrogens is 881 g/mol. The lowest BCUT2D eigenvalue weighted by atomic mass is 9.80. The van der Waals surface area contributed by atoms with Crippen molar-refractivity contribution < 1.29 is 46.3 Å². The highest BCUT2D eigenvalue weighted by Gasteiger charge is 2.47. The summed E-state index contributed by atoms with van der Waals surface area (Å²) in [6, 6.07) is 23.8. The maximum atomic E-state index is 14.1. The number of rotatable bonds is 18. The number of hydrogen-bond acceptors (Lipinski definition) is 6. The van der Waals surface area contributed by atoms with E-state index in [1.54, 1.807) is 58.3 Å². The van der Waals surface area contributed by atoms with E-state index in [1.807, 2.05) is 0 Å². The number of likely N-dealkylation sites (tertiary alicyclic amines) is 2. The van der Waals surface area contributed by atoms with Crippen molar-refractivity contribution >= 4 is 35.4 Å². The van der Waals surface area contributed by atoms with Gasteiger partial charge in [-0.25, -0.2) is 17.6 Å². The molecule has 6 amide bonds. The summed E-state index contributed by atoms with van der Waals surface area (Å²) in [5, 5.41) is 11.6. The summed E-state index contributed by atoms with van der Waals surface area (Å²) in [5.41, 5.74) is 3.29. The first-order valence-electron chi connectivity index (χ1n) is 23.5. The molecule has 1 saturated carbocycles. The molecule has 0 bridgehead atoms. The highest BCUT2D eigenvalue weighted by Crippen LogP contribution is 2.36.